The van der Waals surface area contributed by atoms with Crippen LogP contribution in [0.15, 0.2) is 206 Å². The summed E-state index contributed by atoms with van der Waals surface area (Å²) in [5.74, 6) is 0.177. The van der Waals surface area contributed by atoms with Gasteiger partial charge < -0.3 is 4.57 Å². The van der Waals surface area contributed by atoms with Crippen LogP contribution in [0.25, 0.3) is 82.8 Å². The molecule has 0 bridgehead atoms. The topological polar surface area (TPSA) is 4.93 Å². The van der Waals surface area contributed by atoms with Crippen LogP contribution in [0.3, 0.4) is 0 Å². The number of nitrogens with zero attached hydrogens (tertiary/aromatic N) is 1. The lowest BCUT2D eigenvalue weighted by Gasteiger charge is -2.17. The molecule has 0 spiro atoms. The highest BCUT2D eigenvalue weighted by Crippen LogP contribution is 2.50. The lowest BCUT2D eigenvalue weighted by Crippen LogP contribution is -1.99. The first-order chi connectivity index (χ1) is 26.8. The Balaban J connectivity index is 0.986. The van der Waals surface area contributed by atoms with Gasteiger partial charge >= 0.3 is 0 Å². The summed E-state index contributed by atoms with van der Waals surface area (Å²) in [6, 6.07) is 75.9. The molecule has 0 saturated carbocycles. The SMILES string of the molecule is c1ccc(-n2c3ccccc3c3cc(-c4cccc(-c5ccc6c(c5)-c5ccccc5C6c5cccc(-c6cccc7ccccc67)c5)c4)ccc32)cc1. The zero-order valence-electron chi connectivity index (χ0n) is 29.7. The van der Waals surface area contributed by atoms with Crippen molar-refractivity contribution >= 4 is 32.6 Å². The minimum absolute atomic E-state index is 0.177. The van der Waals surface area contributed by atoms with Crippen molar-refractivity contribution in [3.8, 4) is 50.2 Å². The molecule has 0 N–H and O–H groups in total. The van der Waals surface area contributed by atoms with Gasteiger partial charge in [-0.1, -0.05) is 164 Å². The summed E-state index contributed by atoms with van der Waals surface area (Å²) in [4.78, 5) is 0. The van der Waals surface area contributed by atoms with E-state index in [2.05, 4.69) is 211 Å². The molecule has 0 amide bonds. The van der Waals surface area contributed by atoms with Crippen LogP contribution in [-0.2, 0) is 0 Å². The predicted octanol–water partition coefficient (Wildman–Crippen LogP) is 14.1. The van der Waals surface area contributed by atoms with Crippen molar-refractivity contribution in [3.63, 3.8) is 0 Å². The first-order valence-corrected chi connectivity index (χ1v) is 18.8. The maximum atomic E-state index is 2.42. The van der Waals surface area contributed by atoms with E-state index < -0.39 is 0 Å². The van der Waals surface area contributed by atoms with Gasteiger partial charge in [-0.25, -0.2) is 0 Å². The Morgan fingerprint density at radius 1 is 0.315 bits per heavy atom. The Kier molecular flexibility index (Phi) is 7.00. The van der Waals surface area contributed by atoms with Gasteiger partial charge in [0.2, 0.25) is 0 Å². The van der Waals surface area contributed by atoms with E-state index in [1.165, 1.54) is 99.5 Å². The summed E-state index contributed by atoms with van der Waals surface area (Å²) >= 11 is 0. The van der Waals surface area contributed by atoms with Gasteiger partial charge in [0.05, 0.1) is 11.0 Å². The second-order valence-electron chi connectivity index (χ2n) is 14.5. The van der Waals surface area contributed by atoms with Gasteiger partial charge in [0.25, 0.3) is 0 Å². The van der Waals surface area contributed by atoms with E-state index in [1.54, 1.807) is 0 Å². The smallest absolute Gasteiger partial charge is 0.0541 e. The van der Waals surface area contributed by atoms with E-state index >= 15 is 0 Å². The summed E-state index contributed by atoms with van der Waals surface area (Å²) in [6.45, 7) is 0. The van der Waals surface area contributed by atoms with E-state index in [1.807, 2.05) is 0 Å². The molecular formula is C53H35N. The minimum Gasteiger partial charge on any atom is -0.309 e. The third-order valence-electron chi connectivity index (χ3n) is 11.5. The molecule has 1 atom stereocenters. The fourth-order valence-corrected chi connectivity index (χ4v) is 8.99. The highest BCUT2D eigenvalue weighted by Gasteiger charge is 2.30. The molecule has 10 aromatic rings. The number of fused-ring (bicyclic) bond motifs is 7. The molecule has 54 heavy (non-hydrogen) atoms. The van der Waals surface area contributed by atoms with Crippen LogP contribution in [0.5, 0.6) is 0 Å². The Labute approximate surface area is 315 Å². The largest absolute Gasteiger partial charge is 0.309 e. The molecule has 1 unspecified atom stereocenters. The first-order valence-electron chi connectivity index (χ1n) is 18.8. The normalized spacial score (nSPS) is 13.4. The molecule has 0 fully saturated rings. The monoisotopic (exact) mass is 685 g/mol. The number of benzene rings is 9. The summed E-state index contributed by atoms with van der Waals surface area (Å²) < 4.78 is 2.38. The fraction of sp³-hybridized carbons (Fsp3) is 0.0189. The van der Waals surface area contributed by atoms with Gasteiger partial charge in [-0.15, -0.1) is 0 Å². The molecule has 1 heterocycles. The van der Waals surface area contributed by atoms with Gasteiger partial charge in [0, 0.05) is 22.4 Å². The van der Waals surface area contributed by atoms with E-state index in [0.29, 0.717) is 0 Å². The Morgan fingerprint density at radius 3 is 1.83 bits per heavy atom. The van der Waals surface area contributed by atoms with Crippen LogP contribution in [0.4, 0.5) is 0 Å². The Morgan fingerprint density at radius 2 is 0.926 bits per heavy atom. The Bertz CT molecular complexity index is 3050. The molecule has 9 aromatic carbocycles. The summed E-state index contributed by atoms with van der Waals surface area (Å²) in [7, 11) is 0. The lowest BCUT2D eigenvalue weighted by molar-refractivity contribution is 1.02. The molecule has 0 aliphatic heterocycles. The number of aromatic nitrogens is 1. The predicted molar refractivity (Wildman–Crippen MR) is 227 cm³/mol. The average Bonchev–Trinajstić information content (AvgIpc) is 3.76. The molecule has 0 radical (unpaired) electrons. The van der Waals surface area contributed by atoms with Crippen LogP contribution >= 0.6 is 0 Å². The van der Waals surface area contributed by atoms with Crippen molar-refractivity contribution in [3.05, 3.63) is 223 Å². The summed E-state index contributed by atoms with van der Waals surface area (Å²) in [5, 5.41) is 5.09. The van der Waals surface area contributed by atoms with Gasteiger partial charge in [-0.05, 0) is 114 Å². The van der Waals surface area contributed by atoms with E-state index in [4.69, 9.17) is 0 Å². The van der Waals surface area contributed by atoms with Gasteiger partial charge in [0.1, 0.15) is 0 Å². The molecule has 1 aromatic heterocycles. The standard InChI is InChI=1S/C53H35N/c1-2-19-42(20-3-1)54-51-26-9-8-23-46(51)50-34-39(28-30-52(50)54)37-16-10-15-36(31-37)38-27-29-48-49(33-38)45-22-6-7-24-47(45)53(48)41-18-11-17-40(32-41)44-25-12-14-35-13-4-5-21-43(35)44/h1-34,53H. The zero-order valence-corrected chi connectivity index (χ0v) is 29.7. The molecule has 0 saturated heterocycles. The van der Waals surface area contributed by atoms with Gasteiger partial charge in [-0.2, -0.15) is 0 Å². The van der Waals surface area contributed by atoms with Crippen molar-refractivity contribution in [2.45, 2.75) is 5.92 Å². The second kappa shape index (κ2) is 12.3. The molecule has 11 rings (SSSR count). The molecule has 1 aliphatic rings. The fourth-order valence-electron chi connectivity index (χ4n) is 8.99. The molecule has 1 aliphatic carbocycles. The van der Waals surface area contributed by atoms with E-state index in [0.717, 1.165) is 0 Å². The number of rotatable bonds is 5. The van der Waals surface area contributed by atoms with Crippen LogP contribution in [0.1, 0.15) is 22.6 Å². The van der Waals surface area contributed by atoms with Crippen LogP contribution < -0.4 is 0 Å². The number of hydrogen-bond donors (Lipinski definition) is 0. The molecule has 1 heteroatoms. The number of para-hydroxylation sites is 2. The lowest BCUT2D eigenvalue weighted by atomic mass is 9.86. The molecular weight excluding hydrogens is 651 g/mol. The van der Waals surface area contributed by atoms with Crippen LogP contribution in [-0.4, -0.2) is 4.57 Å². The minimum atomic E-state index is 0.177. The maximum Gasteiger partial charge on any atom is 0.0541 e. The van der Waals surface area contributed by atoms with Crippen LogP contribution in [0, 0.1) is 0 Å². The van der Waals surface area contributed by atoms with Crippen molar-refractivity contribution in [2.24, 2.45) is 0 Å². The van der Waals surface area contributed by atoms with Crippen molar-refractivity contribution < 1.29 is 0 Å². The van der Waals surface area contributed by atoms with E-state index in [-0.39, 0.29) is 5.92 Å². The van der Waals surface area contributed by atoms with Crippen molar-refractivity contribution in [1.29, 1.82) is 0 Å². The van der Waals surface area contributed by atoms with Crippen LogP contribution in [0.2, 0.25) is 0 Å². The molecule has 1 nitrogen and oxygen atoms in total. The summed E-state index contributed by atoms with van der Waals surface area (Å²) in [6.07, 6.45) is 0. The average molecular weight is 686 g/mol. The van der Waals surface area contributed by atoms with Crippen molar-refractivity contribution in [2.75, 3.05) is 0 Å². The third kappa shape index (κ3) is 4.86. The maximum absolute atomic E-state index is 2.42. The zero-order chi connectivity index (χ0) is 35.6. The van der Waals surface area contributed by atoms with Crippen molar-refractivity contribution in [1.82, 2.24) is 4.57 Å². The number of hydrogen-bond acceptors (Lipinski definition) is 0. The highest BCUT2D eigenvalue weighted by molar-refractivity contribution is 6.10. The molecule has 252 valence electrons. The third-order valence-corrected chi connectivity index (χ3v) is 11.5. The quantitative estimate of drug-likeness (QED) is 0.170. The van der Waals surface area contributed by atoms with E-state index in [9.17, 15) is 0 Å². The van der Waals surface area contributed by atoms with Gasteiger partial charge in [-0.3, -0.25) is 0 Å². The summed E-state index contributed by atoms with van der Waals surface area (Å²) in [5.41, 5.74) is 17.8. The van der Waals surface area contributed by atoms with Gasteiger partial charge in [0.15, 0.2) is 0 Å². The highest BCUT2D eigenvalue weighted by atomic mass is 15.0. The Hall–Kier alpha value is -6.96. The second-order valence-corrected chi connectivity index (χ2v) is 14.5. The first kappa shape index (κ1) is 30.6.